The topological polar surface area (TPSA) is 234 Å². The molecule has 3 amide bonds. The molecule has 0 atom stereocenters. The van der Waals surface area contributed by atoms with Gasteiger partial charge in [-0.2, -0.15) is 0 Å². The van der Waals surface area contributed by atoms with E-state index in [2.05, 4.69) is 36.2 Å². The highest BCUT2D eigenvalue weighted by Gasteiger charge is 2.60. The zero-order valence-corrected chi connectivity index (χ0v) is 44.3. The number of carbonyl (C=O) groups is 8. The van der Waals surface area contributed by atoms with Crippen molar-refractivity contribution in [2.45, 2.75) is 51.4 Å². The van der Waals surface area contributed by atoms with Crippen LogP contribution in [0.25, 0.3) is 0 Å². The molecule has 4 saturated carbocycles. The van der Waals surface area contributed by atoms with E-state index in [9.17, 15) is 55.9 Å². The number of carboxylic acid groups (broad SMARTS) is 2. The molecule has 17 nitrogen and oxygen atoms in total. The minimum Gasteiger partial charge on any atom is -0.480 e. The average molecular weight is 1130 g/mol. The highest BCUT2D eigenvalue weighted by molar-refractivity contribution is 8.26. The van der Waals surface area contributed by atoms with Gasteiger partial charge in [-0.3, -0.25) is 38.4 Å². The van der Waals surface area contributed by atoms with Gasteiger partial charge in [-0.25, -0.2) is 21.8 Å². The van der Waals surface area contributed by atoms with Gasteiger partial charge in [0.25, 0.3) is 0 Å². The molecule has 3 N–H and O–H groups in total. The first kappa shape index (κ1) is 62.7. The number of nitrogens with zero attached hydrogens (tertiary/aromatic N) is 3. The number of anilines is 4. The van der Waals surface area contributed by atoms with Crippen molar-refractivity contribution in [2.24, 2.45) is 21.7 Å². The molecule has 0 bridgehead atoms. The number of halogens is 7. The molecule has 75 heavy (non-hydrogen) atoms. The number of benzene rings is 4. The van der Waals surface area contributed by atoms with E-state index < -0.39 is 71.7 Å². The number of carbonyl (C=O) groups excluding carboxylic acids is 6. The second-order valence-electron chi connectivity index (χ2n) is 17.2. The quantitative estimate of drug-likeness (QED) is 0.0521. The Balaban J connectivity index is 0.000000248. The number of methoxy groups -OCH3 is 2. The number of nitrogens with one attached hydrogen (secondary N) is 1. The Kier molecular flexibility index (Phi) is 22.8. The molecule has 0 unspecified atom stereocenters. The van der Waals surface area contributed by atoms with Crippen molar-refractivity contribution in [1.29, 1.82) is 0 Å². The Morgan fingerprint density at radius 2 is 0.733 bits per heavy atom. The Hall–Kier alpha value is -6.62. The van der Waals surface area contributed by atoms with E-state index in [0.717, 1.165) is 5.69 Å². The Morgan fingerprint density at radius 1 is 0.493 bits per heavy atom. The number of aliphatic carboxylic acids is 2. The summed E-state index contributed by atoms with van der Waals surface area (Å²) in [4.78, 5) is 95.2. The monoisotopic (exact) mass is 1130 g/mol. The summed E-state index contributed by atoms with van der Waals surface area (Å²) in [7, 11) is 16.2. The van der Waals surface area contributed by atoms with Gasteiger partial charge >= 0.3 is 23.9 Å². The maximum Gasteiger partial charge on any atom is 0.323 e. The van der Waals surface area contributed by atoms with Crippen LogP contribution in [-0.2, 0) is 57.1 Å². The zero-order chi connectivity index (χ0) is 56.6. The summed E-state index contributed by atoms with van der Waals surface area (Å²) in [6.07, 6.45) is 3.54. The highest BCUT2D eigenvalue weighted by Crippen LogP contribution is 2.51. The van der Waals surface area contributed by atoms with Gasteiger partial charge in [-0.15, -0.1) is 0 Å². The molecule has 0 radical (unpaired) electrons. The van der Waals surface area contributed by atoms with E-state index in [-0.39, 0.29) is 29.3 Å². The fourth-order valence-electron chi connectivity index (χ4n) is 6.84. The first-order valence-electron chi connectivity index (χ1n) is 22.3. The van der Waals surface area contributed by atoms with Gasteiger partial charge in [0.05, 0.1) is 14.2 Å². The van der Waals surface area contributed by atoms with Crippen molar-refractivity contribution in [1.82, 2.24) is 0 Å². The number of carboxylic acids is 2. The van der Waals surface area contributed by atoms with E-state index in [0.29, 0.717) is 68.4 Å². The second-order valence-corrected chi connectivity index (χ2v) is 20.0. The molecule has 4 aliphatic rings. The van der Waals surface area contributed by atoms with Crippen molar-refractivity contribution in [3.8, 4) is 0 Å². The minimum absolute atomic E-state index is 0.200. The Labute approximate surface area is 445 Å². The fraction of sp³-hybridized carbons (Fsp3) is 0.360. The molecule has 0 aliphatic heterocycles. The van der Waals surface area contributed by atoms with E-state index in [1.54, 1.807) is 33.3 Å². The second kappa shape index (κ2) is 27.3. The smallest absolute Gasteiger partial charge is 0.323 e. The van der Waals surface area contributed by atoms with Gasteiger partial charge in [-0.05, 0) is 160 Å². The average Bonchev–Trinajstić information content (AvgIpc) is 4.17. The molecule has 4 fully saturated rings. The molecular formula is C50H53Cl3F4N4O13S. The van der Waals surface area contributed by atoms with Gasteiger partial charge in [0.15, 0.2) is 5.41 Å². The summed E-state index contributed by atoms with van der Waals surface area (Å²) in [5.74, 6) is -5.69. The van der Waals surface area contributed by atoms with Crippen LogP contribution < -0.4 is 20.0 Å². The maximum absolute atomic E-state index is 12.8. The van der Waals surface area contributed by atoms with Gasteiger partial charge in [-0.1, -0.05) is 0 Å². The van der Waals surface area contributed by atoms with Crippen LogP contribution in [0.2, 0.25) is 0 Å². The van der Waals surface area contributed by atoms with Crippen LogP contribution in [0.15, 0.2) is 97.1 Å². The summed E-state index contributed by atoms with van der Waals surface area (Å²) >= 11 is 5.44. The molecule has 25 heteroatoms. The lowest BCUT2D eigenvalue weighted by molar-refractivity contribution is -0.159. The van der Waals surface area contributed by atoms with Gasteiger partial charge in [0.1, 0.15) is 39.5 Å². The highest BCUT2D eigenvalue weighted by atomic mass is 36.0. The van der Waals surface area contributed by atoms with Crippen molar-refractivity contribution < 1.29 is 79.8 Å². The summed E-state index contributed by atoms with van der Waals surface area (Å²) in [6.45, 7) is 0. The SMILES string of the molecule is CN(C(=O)C1(C(=O)Cl)CC1)c1ccc(F)cc1.CN(C(=O)C1(C(=O)O)CC1)c1ccc(F)cc1.CNc1ccc(F)cc1.COC(=O)C1(C(=O)N(C)c2ccc(F)cc2)CC1.COC(=O)C1(C(=O)O)CC1.O=S(Cl)Cl. The third-order valence-electron chi connectivity index (χ3n) is 12.3. The van der Waals surface area contributed by atoms with Crippen LogP contribution in [0.4, 0.5) is 40.3 Å². The lowest BCUT2D eigenvalue weighted by Crippen LogP contribution is -2.39. The van der Waals surface area contributed by atoms with Crippen LogP contribution in [0.3, 0.4) is 0 Å². The van der Waals surface area contributed by atoms with Crippen LogP contribution in [0.1, 0.15) is 51.4 Å². The van der Waals surface area contributed by atoms with E-state index >= 15 is 0 Å². The Morgan fingerprint density at radius 3 is 0.947 bits per heavy atom. The molecule has 8 rings (SSSR count). The maximum atomic E-state index is 12.8. The van der Waals surface area contributed by atoms with Crippen LogP contribution in [-0.4, -0.2) is 104 Å². The summed E-state index contributed by atoms with van der Waals surface area (Å²) in [6, 6.07) is 22.7. The summed E-state index contributed by atoms with van der Waals surface area (Å²) in [5.41, 5.74) is -2.02. The molecule has 4 aromatic rings. The Bertz CT molecular complexity index is 2620. The largest absolute Gasteiger partial charge is 0.480 e. The molecule has 4 aliphatic carbocycles. The van der Waals surface area contributed by atoms with Crippen molar-refractivity contribution in [2.75, 3.05) is 62.4 Å². The lowest BCUT2D eigenvalue weighted by Gasteiger charge is -2.22. The third-order valence-corrected chi connectivity index (χ3v) is 12.6. The number of hydrogen-bond donors (Lipinski definition) is 3. The molecule has 0 spiro atoms. The molecule has 4 aromatic carbocycles. The van der Waals surface area contributed by atoms with E-state index in [1.807, 2.05) is 0 Å². The molecule has 0 aromatic heterocycles. The number of esters is 2. The van der Waals surface area contributed by atoms with Gasteiger partial charge in [0.2, 0.25) is 32.2 Å². The zero-order valence-electron chi connectivity index (χ0n) is 41.2. The predicted molar refractivity (Wildman–Crippen MR) is 272 cm³/mol. The van der Waals surface area contributed by atoms with Crippen LogP contribution >= 0.6 is 33.0 Å². The van der Waals surface area contributed by atoms with Crippen molar-refractivity contribution >= 4 is 112 Å². The van der Waals surface area contributed by atoms with Crippen molar-refractivity contribution in [3.05, 3.63) is 120 Å². The molecule has 406 valence electrons. The number of hydrogen-bond acceptors (Lipinski definition) is 12. The van der Waals surface area contributed by atoms with E-state index in [4.69, 9.17) is 26.0 Å². The van der Waals surface area contributed by atoms with E-state index in [1.165, 1.54) is 121 Å². The van der Waals surface area contributed by atoms with Crippen LogP contribution in [0.5, 0.6) is 0 Å². The van der Waals surface area contributed by atoms with Gasteiger partial charge < -0.3 is 39.7 Å². The normalized spacial score (nSPS) is 15.4. The predicted octanol–water partition coefficient (Wildman–Crippen LogP) is 8.66. The minimum atomic E-state index is -1.67. The summed E-state index contributed by atoms with van der Waals surface area (Å²) < 4.78 is 68.5. The van der Waals surface area contributed by atoms with Crippen molar-refractivity contribution in [3.63, 3.8) is 0 Å². The molecule has 0 saturated heterocycles. The van der Waals surface area contributed by atoms with Gasteiger partial charge in [0, 0.05) is 72.3 Å². The first-order valence-corrected chi connectivity index (χ1v) is 25.5. The molecule has 0 heterocycles. The number of amides is 3. The third kappa shape index (κ3) is 16.7. The number of rotatable bonds is 12. The standard InChI is InChI=1S/C13H14FNO3.C12H11ClFNO2.C12H12FNO3.C7H8FN.C6H8O4.Cl2OS/c1-15(10-5-3-9(14)4-6-10)11(16)13(7-8-13)12(17)18-2;1-15(9-4-2-8(14)3-5-9)11(17)12(6-7-12)10(13)16;1-14(9-4-2-8(13)3-5-9)10(15)12(6-7-12)11(16)17;1-9-7-4-2-6(8)3-5-7;1-10-5(9)6(2-3-6)4(7)8;1-4(2)3/h3-6H,7-8H2,1-2H3;2-5H,6-7H2,1H3;2-5H,6-7H2,1H3,(H,16,17);2-5,9H,1H3;2-3H2,1H3,(H,7,8);. The van der Waals surface area contributed by atoms with Crippen LogP contribution in [0, 0.1) is 44.9 Å². The molecular weight excluding hydrogens is 1080 g/mol. The first-order chi connectivity index (χ1) is 35.1. The lowest BCUT2D eigenvalue weighted by atomic mass is 10.1. The number of ether oxygens (including phenoxy) is 2. The summed E-state index contributed by atoms with van der Waals surface area (Å²) in [5, 5.41) is 19.8. The fourth-order valence-corrected chi connectivity index (χ4v) is 7.11.